The first kappa shape index (κ1) is 21.7. The van der Waals surface area contributed by atoms with Crippen molar-refractivity contribution in [3.8, 4) is 0 Å². The molecule has 1 aromatic heterocycles. The van der Waals surface area contributed by atoms with Crippen LogP contribution in [0.25, 0.3) is 11.0 Å². The van der Waals surface area contributed by atoms with Crippen molar-refractivity contribution in [2.45, 2.75) is 30.5 Å². The van der Waals surface area contributed by atoms with Gasteiger partial charge in [-0.25, -0.2) is 22.2 Å². The number of halogens is 5. The van der Waals surface area contributed by atoms with Crippen LogP contribution in [0.4, 0.5) is 22.0 Å². The van der Waals surface area contributed by atoms with Gasteiger partial charge in [0.25, 0.3) is 0 Å². The predicted octanol–water partition coefficient (Wildman–Crippen LogP) is 4.43. The van der Waals surface area contributed by atoms with Crippen LogP contribution in [-0.4, -0.2) is 35.4 Å². The minimum atomic E-state index is -4.63. The molecular weight excluding hydrogens is 441 g/mol. The summed E-state index contributed by atoms with van der Waals surface area (Å²) in [6.45, 7) is -0.0825. The number of nitrogens with zero attached hydrogens (tertiary/aromatic N) is 3. The first-order valence-electron chi connectivity index (χ1n) is 9.55. The molecule has 4 rings (SSSR count). The van der Waals surface area contributed by atoms with E-state index < -0.39 is 38.6 Å². The SMILES string of the molecule is O=S(=O)(c1c(F)cccc1F)N1CCC(Cn2c(C(F)(F)F)nc3ccccc32)CC1. The number of benzene rings is 2. The van der Waals surface area contributed by atoms with Crippen LogP contribution in [0.2, 0.25) is 0 Å². The maximum Gasteiger partial charge on any atom is 0.449 e. The zero-order valence-corrected chi connectivity index (χ0v) is 16.9. The second-order valence-electron chi connectivity index (χ2n) is 7.43. The molecule has 0 amide bonds. The van der Waals surface area contributed by atoms with Crippen LogP contribution in [0.3, 0.4) is 0 Å². The summed E-state index contributed by atoms with van der Waals surface area (Å²) in [5.41, 5.74) is 0.572. The Kier molecular flexibility index (Phi) is 5.50. The molecule has 5 nitrogen and oxygen atoms in total. The summed E-state index contributed by atoms with van der Waals surface area (Å²) in [6, 6.07) is 9.09. The van der Waals surface area contributed by atoms with E-state index in [0.717, 1.165) is 27.1 Å². The predicted molar refractivity (Wildman–Crippen MR) is 103 cm³/mol. The lowest BCUT2D eigenvalue weighted by Crippen LogP contribution is -2.40. The summed E-state index contributed by atoms with van der Waals surface area (Å²) < 4.78 is 95.9. The minimum absolute atomic E-state index is 0.0112. The van der Waals surface area contributed by atoms with E-state index >= 15 is 0 Å². The van der Waals surface area contributed by atoms with Crippen LogP contribution in [-0.2, 0) is 22.7 Å². The highest BCUT2D eigenvalue weighted by Crippen LogP contribution is 2.34. The number of piperidine rings is 1. The third-order valence-corrected chi connectivity index (χ3v) is 7.39. The lowest BCUT2D eigenvalue weighted by molar-refractivity contribution is -0.147. The van der Waals surface area contributed by atoms with Gasteiger partial charge in [0.1, 0.15) is 11.6 Å². The zero-order valence-electron chi connectivity index (χ0n) is 16.1. The lowest BCUT2D eigenvalue weighted by atomic mass is 9.98. The van der Waals surface area contributed by atoms with E-state index in [0.29, 0.717) is 5.52 Å². The summed E-state index contributed by atoms with van der Waals surface area (Å²) >= 11 is 0. The van der Waals surface area contributed by atoms with Gasteiger partial charge in [-0.3, -0.25) is 0 Å². The average molecular weight is 459 g/mol. The van der Waals surface area contributed by atoms with Crippen LogP contribution < -0.4 is 0 Å². The van der Waals surface area contributed by atoms with E-state index in [-0.39, 0.29) is 43.9 Å². The van der Waals surface area contributed by atoms with Crippen molar-refractivity contribution in [3.63, 3.8) is 0 Å². The molecular formula is C20H18F5N3O2S. The highest BCUT2D eigenvalue weighted by atomic mass is 32.2. The molecule has 0 spiro atoms. The van der Waals surface area contributed by atoms with E-state index in [1.165, 1.54) is 6.07 Å². The Morgan fingerprint density at radius 1 is 0.968 bits per heavy atom. The number of hydrogen-bond donors (Lipinski definition) is 0. The largest absolute Gasteiger partial charge is 0.449 e. The van der Waals surface area contributed by atoms with Crippen molar-refractivity contribution in [1.82, 2.24) is 13.9 Å². The van der Waals surface area contributed by atoms with Gasteiger partial charge in [0.05, 0.1) is 11.0 Å². The van der Waals surface area contributed by atoms with Crippen molar-refractivity contribution in [2.24, 2.45) is 5.92 Å². The van der Waals surface area contributed by atoms with Crippen molar-refractivity contribution >= 4 is 21.1 Å². The quantitative estimate of drug-likeness (QED) is 0.543. The molecule has 0 saturated carbocycles. The molecule has 0 bridgehead atoms. The van der Waals surface area contributed by atoms with E-state index in [9.17, 15) is 30.4 Å². The molecule has 3 aromatic rings. The summed E-state index contributed by atoms with van der Waals surface area (Å²) in [5.74, 6) is -3.61. The average Bonchev–Trinajstić information content (AvgIpc) is 3.07. The van der Waals surface area contributed by atoms with Crippen LogP contribution >= 0.6 is 0 Å². The molecule has 0 radical (unpaired) electrons. The number of fused-ring (bicyclic) bond motifs is 1. The molecule has 11 heteroatoms. The summed E-state index contributed by atoms with van der Waals surface area (Å²) in [4.78, 5) is 2.70. The molecule has 0 N–H and O–H groups in total. The summed E-state index contributed by atoms with van der Waals surface area (Å²) in [7, 11) is -4.39. The van der Waals surface area contributed by atoms with Crippen molar-refractivity contribution in [2.75, 3.05) is 13.1 Å². The van der Waals surface area contributed by atoms with Gasteiger partial charge in [0, 0.05) is 19.6 Å². The van der Waals surface area contributed by atoms with Gasteiger partial charge in [-0.05, 0) is 43.0 Å². The van der Waals surface area contributed by atoms with Gasteiger partial charge >= 0.3 is 6.18 Å². The van der Waals surface area contributed by atoms with Gasteiger partial charge < -0.3 is 4.57 Å². The Hall–Kier alpha value is -2.53. The third kappa shape index (κ3) is 4.03. The highest BCUT2D eigenvalue weighted by molar-refractivity contribution is 7.89. The monoisotopic (exact) mass is 459 g/mol. The first-order chi connectivity index (χ1) is 14.6. The van der Waals surface area contributed by atoms with Crippen LogP contribution in [0, 0.1) is 17.6 Å². The molecule has 0 atom stereocenters. The third-order valence-electron chi connectivity index (χ3n) is 5.44. The van der Waals surface area contributed by atoms with Crippen LogP contribution in [0.1, 0.15) is 18.7 Å². The van der Waals surface area contributed by atoms with Crippen LogP contribution in [0.15, 0.2) is 47.4 Å². The molecule has 1 aliphatic rings. The second-order valence-corrected chi connectivity index (χ2v) is 9.31. The van der Waals surface area contributed by atoms with E-state index in [1.54, 1.807) is 18.2 Å². The first-order valence-corrected chi connectivity index (χ1v) is 11.0. The number of para-hydroxylation sites is 2. The van der Waals surface area contributed by atoms with Gasteiger partial charge in [-0.2, -0.15) is 17.5 Å². The summed E-state index contributed by atoms with van der Waals surface area (Å²) in [5, 5.41) is 0. The van der Waals surface area contributed by atoms with Crippen molar-refractivity contribution < 1.29 is 30.4 Å². The van der Waals surface area contributed by atoms with E-state index in [2.05, 4.69) is 4.98 Å². The normalized spacial score (nSPS) is 16.8. The molecule has 1 aliphatic heterocycles. The van der Waals surface area contributed by atoms with Gasteiger partial charge in [-0.1, -0.05) is 18.2 Å². The number of aromatic nitrogens is 2. The summed E-state index contributed by atoms with van der Waals surface area (Å²) in [6.07, 6.45) is -4.14. The fourth-order valence-electron chi connectivity index (χ4n) is 3.93. The number of alkyl halides is 3. The molecule has 0 aliphatic carbocycles. The Morgan fingerprint density at radius 3 is 2.19 bits per heavy atom. The maximum absolute atomic E-state index is 14.0. The number of rotatable bonds is 4. The van der Waals surface area contributed by atoms with Crippen molar-refractivity contribution in [3.05, 3.63) is 59.9 Å². The molecule has 2 aromatic carbocycles. The zero-order chi connectivity index (χ0) is 22.4. The molecule has 0 unspecified atom stereocenters. The van der Waals surface area contributed by atoms with Crippen molar-refractivity contribution in [1.29, 1.82) is 0 Å². The fourth-order valence-corrected chi connectivity index (χ4v) is 5.50. The van der Waals surface area contributed by atoms with E-state index in [1.807, 2.05) is 0 Å². The minimum Gasteiger partial charge on any atom is -0.320 e. The Morgan fingerprint density at radius 2 is 1.58 bits per heavy atom. The molecule has 166 valence electrons. The second kappa shape index (κ2) is 7.86. The molecule has 1 saturated heterocycles. The van der Waals surface area contributed by atoms with Gasteiger partial charge in [-0.15, -0.1) is 0 Å². The van der Waals surface area contributed by atoms with E-state index in [4.69, 9.17) is 0 Å². The molecule has 1 fully saturated rings. The molecule has 31 heavy (non-hydrogen) atoms. The Balaban J connectivity index is 1.54. The van der Waals surface area contributed by atoms with Gasteiger partial charge in [0.15, 0.2) is 4.90 Å². The number of hydrogen-bond acceptors (Lipinski definition) is 3. The maximum atomic E-state index is 14.0. The Bertz CT molecular complexity index is 1200. The van der Waals surface area contributed by atoms with Crippen LogP contribution in [0.5, 0.6) is 0 Å². The smallest absolute Gasteiger partial charge is 0.320 e. The Labute approximate surface area is 175 Å². The molecule has 2 heterocycles. The highest BCUT2D eigenvalue weighted by Gasteiger charge is 2.39. The number of imidazole rings is 1. The fraction of sp³-hybridized carbons (Fsp3) is 0.350. The van der Waals surface area contributed by atoms with Gasteiger partial charge in [0.2, 0.25) is 15.8 Å². The topological polar surface area (TPSA) is 55.2 Å². The number of sulfonamides is 1. The standard InChI is InChI=1S/C20H18F5N3O2S/c21-14-4-3-5-15(22)18(14)31(29,30)27-10-8-13(9-11-27)12-28-17-7-2-1-6-16(17)26-19(28)20(23,24)25/h1-7,13H,8-12H2. The lowest BCUT2D eigenvalue weighted by Gasteiger charge is -2.32.